The zero-order chi connectivity index (χ0) is 13.8. The van der Waals surface area contributed by atoms with Gasteiger partial charge in [-0.25, -0.2) is 4.98 Å². The molecule has 1 fully saturated rings. The summed E-state index contributed by atoms with van der Waals surface area (Å²) in [6, 6.07) is 0. The molecule has 1 aliphatic heterocycles. The molecule has 6 nitrogen and oxygen atoms in total. The van der Waals surface area contributed by atoms with Gasteiger partial charge in [-0.1, -0.05) is 0 Å². The number of carbonyl (C=O) groups excluding carboxylic acids is 1. The monoisotopic (exact) mass is 267 g/mol. The summed E-state index contributed by atoms with van der Waals surface area (Å²) in [5, 5.41) is 9.80. The lowest BCUT2D eigenvalue weighted by Gasteiger charge is -2.16. The maximum absolute atomic E-state index is 12.1. The van der Waals surface area contributed by atoms with E-state index in [9.17, 15) is 9.90 Å². The van der Waals surface area contributed by atoms with Crippen LogP contribution < -0.4 is 0 Å². The van der Waals surface area contributed by atoms with Gasteiger partial charge in [0.2, 0.25) is 5.91 Å². The van der Waals surface area contributed by atoms with Crippen molar-refractivity contribution in [2.45, 2.75) is 39.0 Å². The third kappa shape index (κ3) is 3.33. The number of imidazole rings is 1. The molecule has 0 bridgehead atoms. The van der Waals surface area contributed by atoms with Gasteiger partial charge in [-0.2, -0.15) is 0 Å². The lowest BCUT2D eigenvalue weighted by Crippen LogP contribution is -2.30. The zero-order valence-corrected chi connectivity index (χ0v) is 11.5. The van der Waals surface area contributed by atoms with E-state index < -0.39 is 6.10 Å². The maximum Gasteiger partial charge on any atom is 0.224 e. The van der Waals surface area contributed by atoms with Crippen LogP contribution in [0.4, 0.5) is 0 Å². The maximum atomic E-state index is 12.1. The Balaban J connectivity index is 1.83. The molecule has 1 aromatic heterocycles. The van der Waals surface area contributed by atoms with Gasteiger partial charge in [-0.15, -0.1) is 0 Å². The molecule has 1 aromatic rings. The average Bonchev–Trinajstić information content (AvgIpc) is 2.94. The topological polar surface area (TPSA) is 67.6 Å². The largest absolute Gasteiger partial charge is 0.388 e. The van der Waals surface area contributed by atoms with Gasteiger partial charge in [-0.05, 0) is 13.8 Å². The Morgan fingerprint density at radius 2 is 2.37 bits per heavy atom. The normalized spacial score (nSPS) is 23.0. The summed E-state index contributed by atoms with van der Waals surface area (Å²) in [6.45, 7) is 5.83. The van der Waals surface area contributed by atoms with E-state index in [0.29, 0.717) is 32.7 Å². The van der Waals surface area contributed by atoms with E-state index >= 15 is 0 Å². The lowest BCUT2D eigenvalue weighted by molar-refractivity contribution is -0.131. The molecule has 0 radical (unpaired) electrons. The van der Waals surface area contributed by atoms with Crippen molar-refractivity contribution < 1.29 is 14.6 Å². The van der Waals surface area contributed by atoms with Crippen molar-refractivity contribution in [1.29, 1.82) is 0 Å². The summed E-state index contributed by atoms with van der Waals surface area (Å²) in [5.41, 5.74) is 0. The minimum Gasteiger partial charge on any atom is -0.388 e. The first-order valence-electron chi connectivity index (χ1n) is 6.67. The second-order valence-corrected chi connectivity index (χ2v) is 4.78. The number of hydrogen-bond donors (Lipinski definition) is 1. The third-order valence-corrected chi connectivity index (χ3v) is 3.46. The van der Waals surface area contributed by atoms with Crippen molar-refractivity contribution in [3.05, 3.63) is 18.2 Å². The first-order valence-corrected chi connectivity index (χ1v) is 6.67. The first-order chi connectivity index (χ1) is 9.11. The summed E-state index contributed by atoms with van der Waals surface area (Å²) < 4.78 is 7.35. The molecule has 2 rings (SSSR count). The van der Waals surface area contributed by atoms with Crippen LogP contribution in [-0.4, -0.2) is 57.4 Å². The van der Waals surface area contributed by atoms with Crippen LogP contribution in [0, 0.1) is 6.92 Å². The number of aliphatic hydroxyl groups excluding tert-OH is 1. The van der Waals surface area contributed by atoms with Crippen molar-refractivity contribution in [3.63, 3.8) is 0 Å². The van der Waals surface area contributed by atoms with Gasteiger partial charge in [0.1, 0.15) is 11.9 Å². The second-order valence-electron chi connectivity index (χ2n) is 4.78. The number of rotatable bonds is 5. The molecule has 19 heavy (non-hydrogen) atoms. The summed E-state index contributed by atoms with van der Waals surface area (Å²) in [7, 11) is 0. The fourth-order valence-corrected chi connectivity index (χ4v) is 2.35. The fraction of sp³-hybridized carbons (Fsp3) is 0.692. The number of ether oxygens (including phenoxy) is 1. The van der Waals surface area contributed by atoms with Gasteiger partial charge in [-0.3, -0.25) is 4.79 Å². The highest BCUT2D eigenvalue weighted by atomic mass is 16.5. The van der Waals surface area contributed by atoms with Crippen LogP contribution in [0.5, 0.6) is 0 Å². The quantitative estimate of drug-likeness (QED) is 0.827. The highest BCUT2D eigenvalue weighted by Crippen LogP contribution is 2.15. The van der Waals surface area contributed by atoms with Crippen LogP contribution in [0.1, 0.15) is 19.2 Å². The van der Waals surface area contributed by atoms with Crippen LogP contribution >= 0.6 is 0 Å². The summed E-state index contributed by atoms with van der Waals surface area (Å²) in [5.74, 6) is 0.954. The SMILES string of the molecule is CCO[C@@H]1CN(C(=O)CCn2ccnc2C)C[C@H]1O. The summed E-state index contributed by atoms with van der Waals surface area (Å²) in [4.78, 5) is 17.9. The number of hydrogen-bond acceptors (Lipinski definition) is 4. The Labute approximate surface area is 113 Å². The van der Waals surface area contributed by atoms with Crippen molar-refractivity contribution in [3.8, 4) is 0 Å². The number of aryl methyl sites for hydroxylation is 2. The van der Waals surface area contributed by atoms with Crippen LogP contribution in [0.25, 0.3) is 0 Å². The predicted molar refractivity (Wildman–Crippen MR) is 69.6 cm³/mol. The number of aromatic nitrogens is 2. The molecule has 0 spiro atoms. The van der Waals surface area contributed by atoms with Gasteiger partial charge >= 0.3 is 0 Å². The molecule has 1 saturated heterocycles. The van der Waals surface area contributed by atoms with Crippen LogP contribution in [-0.2, 0) is 16.1 Å². The van der Waals surface area contributed by atoms with Crippen molar-refractivity contribution in [2.75, 3.05) is 19.7 Å². The molecule has 2 heterocycles. The number of aliphatic hydroxyl groups is 1. The van der Waals surface area contributed by atoms with E-state index in [0.717, 1.165) is 5.82 Å². The third-order valence-electron chi connectivity index (χ3n) is 3.46. The Hall–Kier alpha value is -1.40. The number of carbonyl (C=O) groups is 1. The smallest absolute Gasteiger partial charge is 0.224 e. The Morgan fingerprint density at radius 1 is 1.58 bits per heavy atom. The van der Waals surface area contributed by atoms with Crippen molar-refractivity contribution in [1.82, 2.24) is 14.5 Å². The molecule has 0 unspecified atom stereocenters. The molecule has 6 heteroatoms. The Kier molecular flexibility index (Phi) is 4.55. The van der Waals surface area contributed by atoms with Crippen LogP contribution in [0.15, 0.2) is 12.4 Å². The highest BCUT2D eigenvalue weighted by Gasteiger charge is 2.34. The van der Waals surface area contributed by atoms with Gasteiger partial charge in [0.15, 0.2) is 0 Å². The highest BCUT2D eigenvalue weighted by molar-refractivity contribution is 5.76. The molecule has 1 N–H and O–H groups in total. The van der Waals surface area contributed by atoms with E-state index in [1.165, 1.54) is 0 Å². The first kappa shape index (κ1) is 14.0. The van der Waals surface area contributed by atoms with Crippen molar-refractivity contribution >= 4 is 5.91 Å². The molecular formula is C13H21N3O3. The number of amides is 1. The van der Waals surface area contributed by atoms with Crippen molar-refractivity contribution in [2.24, 2.45) is 0 Å². The molecule has 0 saturated carbocycles. The van der Waals surface area contributed by atoms with Gasteiger partial charge in [0.05, 0.1) is 6.10 Å². The van der Waals surface area contributed by atoms with E-state index in [1.54, 1.807) is 11.1 Å². The van der Waals surface area contributed by atoms with Gasteiger partial charge in [0.25, 0.3) is 0 Å². The van der Waals surface area contributed by atoms with E-state index in [2.05, 4.69) is 4.98 Å². The number of nitrogens with zero attached hydrogens (tertiary/aromatic N) is 3. The number of likely N-dealkylation sites (tertiary alicyclic amines) is 1. The molecule has 1 aliphatic rings. The lowest BCUT2D eigenvalue weighted by atomic mass is 10.3. The predicted octanol–water partition coefficient (Wildman–Crippen LogP) is 0.190. The van der Waals surface area contributed by atoms with Crippen LogP contribution in [0.2, 0.25) is 0 Å². The van der Waals surface area contributed by atoms with Gasteiger partial charge in [0, 0.05) is 45.1 Å². The van der Waals surface area contributed by atoms with Crippen LogP contribution in [0.3, 0.4) is 0 Å². The minimum atomic E-state index is -0.570. The Morgan fingerprint density at radius 3 is 3.00 bits per heavy atom. The molecular weight excluding hydrogens is 246 g/mol. The molecule has 106 valence electrons. The molecule has 2 atom stereocenters. The fourth-order valence-electron chi connectivity index (χ4n) is 2.35. The molecule has 1 amide bonds. The van der Waals surface area contributed by atoms with E-state index in [-0.39, 0.29) is 12.0 Å². The zero-order valence-electron chi connectivity index (χ0n) is 11.5. The second kappa shape index (κ2) is 6.16. The van der Waals surface area contributed by atoms with E-state index in [4.69, 9.17) is 4.74 Å². The molecule has 0 aromatic carbocycles. The minimum absolute atomic E-state index is 0.0503. The molecule has 0 aliphatic carbocycles. The van der Waals surface area contributed by atoms with Gasteiger partial charge < -0.3 is 19.3 Å². The number of β-amino-alcohol motifs (C(OH)–C–C–N with tert-alkyl or cyclic N) is 1. The van der Waals surface area contributed by atoms with E-state index in [1.807, 2.05) is 24.6 Å². The standard InChI is InChI=1S/C13H21N3O3/c1-3-19-12-9-16(8-11(12)17)13(18)4-6-15-7-5-14-10(15)2/h5,7,11-12,17H,3-4,6,8-9H2,1-2H3/t11-,12-/m1/s1. The summed E-state index contributed by atoms with van der Waals surface area (Å²) in [6.07, 6.45) is 3.19. The Bertz CT molecular complexity index is 433. The average molecular weight is 267 g/mol. The summed E-state index contributed by atoms with van der Waals surface area (Å²) >= 11 is 0.